The summed E-state index contributed by atoms with van der Waals surface area (Å²) in [4.78, 5) is 14.7. The molecule has 6 nitrogen and oxygen atoms in total. The van der Waals surface area contributed by atoms with Gasteiger partial charge in [0.15, 0.2) is 40.2 Å². The number of nitrogens with one attached hydrogen (secondary N) is 1. The number of aromatic nitrogens is 4. The number of hydrogen-bond donors (Lipinski definition) is 2. The van der Waals surface area contributed by atoms with Crippen molar-refractivity contribution in [2.24, 2.45) is 0 Å². The standard InChI is InChI=1S/C14H9F2N5O/c15-8-3-1-4-9(16)12(8)22-6-2-5-10-20-11-13(17)18-7-19-14(11)21-10/h1,3-4,7H,6H2,(H3,17,18,19,20,21). The number of nitrogens with zero attached hydrogens (tertiary/aromatic N) is 3. The maximum absolute atomic E-state index is 13.3. The van der Waals surface area contributed by atoms with Gasteiger partial charge >= 0.3 is 0 Å². The minimum atomic E-state index is -0.784. The van der Waals surface area contributed by atoms with Crippen LogP contribution in [0.1, 0.15) is 5.82 Å². The van der Waals surface area contributed by atoms with Crippen LogP contribution in [0.5, 0.6) is 5.75 Å². The smallest absolute Gasteiger partial charge is 0.191 e. The largest absolute Gasteiger partial charge is 0.475 e. The van der Waals surface area contributed by atoms with Gasteiger partial charge in [-0.3, -0.25) is 0 Å². The van der Waals surface area contributed by atoms with Crippen molar-refractivity contribution < 1.29 is 13.5 Å². The van der Waals surface area contributed by atoms with E-state index in [1.807, 2.05) is 0 Å². The third-order valence-corrected chi connectivity index (χ3v) is 2.73. The zero-order valence-corrected chi connectivity index (χ0v) is 11.1. The normalized spacial score (nSPS) is 10.3. The third kappa shape index (κ3) is 2.64. The Morgan fingerprint density at radius 1 is 1.23 bits per heavy atom. The Morgan fingerprint density at radius 2 is 2.00 bits per heavy atom. The van der Waals surface area contributed by atoms with E-state index >= 15 is 0 Å². The molecule has 0 saturated carbocycles. The monoisotopic (exact) mass is 301 g/mol. The van der Waals surface area contributed by atoms with E-state index in [9.17, 15) is 8.78 Å². The average Bonchev–Trinajstić information content (AvgIpc) is 2.90. The first kappa shape index (κ1) is 13.8. The predicted molar refractivity (Wildman–Crippen MR) is 74.8 cm³/mol. The number of nitrogen functional groups attached to an aromatic ring is 1. The zero-order valence-electron chi connectivity index (χ0n) is 11.1. The SMILES string of the molecule is Nc1ncnc2[nH]c(C#CCOc3c(F)cccc3F)nc12. The molecule has 8 heteroatoms. The highest BCUT2D eigenvalue weighted by molar-refractivity contribution is 5.81. The summed E-state index contributed by atoms with van der Waals surface area (Å²) in [6.45, 7) is -0.198. The quantitative estimate of drug-likeness (QED) is 0.702. The Kier molecular flexibility index (Phi) is 3.53. The second-order valence-electron chi connectivity index (χ2n) is 4.18. The van der Waals surface area contributed by atoms with Crippen molar-refractivity contribution in [3.05, 3.63) is 42.0 Å². The van der Waals surface area contributed by atoms with Crippen LogP contribution in [0, 0.1) is 23.5 Å². The maximum atomic E-state index is 13.3. The van der Waals surface area contributed by atoms with Gasteiger partial charge in [0.1, 0.15) is 12.9 Å². The number of para-hydroxylation sites is 1. The highest BCUT2D eigenvalue weighted by Gasteiger charge is 2.08. The number of fused-ring (bicyclic) bond motifs is 1. The molecule has 2 aromatic heterocycles. The van der Waals surface area contributed by atoms with Crippen LogP contribution in [-0.2, 0) is 0 Å². The van der Waals surface area contributed by atoms with Crippen LogP contribution in [0.15, 0.2) is 24.5 Å². The van der Waals surface area contributed by atoms with E-state index in [1.54, 1.807) is 0 Å². The number of anilines is 1. The van der Waals surface area contributed by atoms with Crippen LogP contribution >= 0.6 is 0 Å². The van der Waals surface area contributed by atoms with Crippen molar-refractivity contribution in [2.45, 2.75) is 0 Å². The van der Waals surface area contributed by atoms with Crippen molar-refractivity contribution >= 4 is 17.0 Å². The Morgan fingerprint density at radius 3 is 2.73 bits per heavy atom. The molecule has 3 aromatic rings. The highest BCUT2D eigenvalue weighted by Crippen LogP contribution is 2.20. The first-order valence-corrected chi connectivity index (χ1v) is 6.17. The number of imidazole rings is 1. The van der Waals surface area contributed by atoms with Crippen LogP contribution < -0.4 is 10.5 Å². The Bertz CT molecular complexity index is 877. The van der Waals surface area contributed by atoms with E-state index in [-0.39, 0.29) is 12.4 Å². The minimum Gasteiger partial charge on any atom is -0.475 e. The van der Waals surface area contributed by atoms with Gasteiger partial charge in [0.2, 0.25) is 0 Å². The number of benzene rings is 1. The molecule has 0 radical (unpaired) electrons. The summed E-state index contributed by atoms with van der Waals surface area (Å²) in [7, 11) is 0. The van der Waals surface area contributed by atoms with Gasteiger partial charge in [-0.1, -0.05) is 12.0 Å². The van der Waals surface area contributed by atoms with E-state index in [1.165, 1.54) is 12.4 Å². The molecule has 0 unspecified atom stereocenters. The fourth-order valence-corrected chi connectivity index (χ4v) is 1.75. The van der Waals surface area contributed by atoms with Crippen molar-refractivity contribution in [1.29, 1.82) is 0 Å². The number of hydrogen-bond acceptors (Lipinski definition) is 5. The topological polar surface area (TPSA) is 89.7 Å². The Hall–Kier alpha value is -3.21. The van der Waals surface area contributed by atoms with Gasteiger partial charge < -0.3 is 15.5 Å². The molecule has 0 fully saturated rings. The summed E-state index contributed by atoms with van der Waals surface area (Å²) >= 11 is 0. The summed E-state index contributed by atoms with van der Waals surface area (Å²) in [6.07, 6.45) is 1.30. The molecular formula is C14H9F2N5O. The van der Waals surface area contributed by atoms with Crippen LogP contribution in [0.25, 0.3) is 11.2 Å². The zero-order chi connectivity index (χ0) is 15.5. The van der Waals surface area contributed by atoms with Crippen molar-refractivity contribution in [2.75, 3.05) is 12.3 Å². The number of nitrogens with two attached hydrogens (primary N) is 1. The van der Waals surface area contributed by atoms with E-state index in [4.69, 9.17) is 10.5 Å². The summed E-state index contributed by atoms with van der Waals surface area (Å²) in [5.41, 5.74) is 6.51. The first-order chi connectivity index (χ1) is 10.6. The summed E-state index contributed by atoms with van der Waals surface area (Å²) in [5, 5.41) is 0. The lowest BCUT2D eigenvalue weighted by Gasteiger charge is -2.03. The minimum absolute atomic E-state index is 0.198. The lowest BCUT2D eigenvalue weighted by molar-refractivity contribution is 0.326. The summed E-state index contributed by atoms with van der Waals surface area (Å²) < 4.78 is 31.6. The van der Waals surface area contributed by atoms with Crippen LogP contribution in [0.2, 0.25) is 0 Å². The fraction of sp³-hybridized carbons (Fsp3) is 0.0714. The van der Waals surface area contributed by atoms with Gasteiger partial charge in [0.05, 0.1) is 0 Å². The summed E-state index contributed by atoms with van der Waals surface area (Å²) in [5.74, 6) is 3.77. The van der Waals surface area contributed by atoms with Crippen molar-refractivity contribution in [3.8, 4) is 17.6 Å². The molecule has 1 aromatic carbocycles. The van der Waals surface area contributed by atoms with Gasteiger partial charge in [-0.25, -0.2) is 23.7 Å². The molecule has 0 aliphatic carbocycles. The first-order valence-electron chi connectivity index (χ1n) is 6.17. The van der Waals surface area contributed by atoms with Gasteiger partial charge in [0.25, 0.3) is 0 Å². The number of H-pyrrole nitrogens is 1. The molecule has 0 spiro atoms. The molecule has 2 heterocycles. The van der Waals surface area contributed by atoms with E-state index in [0.717, 1.165) is 12.1 Å². The highest BCUT2D eigenvalue weighted by atomic mass is 19.1. The average molecular weight is 301 g/mol. The summed E-state index contributed by atoms with van der Waals surface area (Å²) in [6, 6.07) is 3.46. The van der Waals surface area contributed by atoms with Crippen molar-refractivity contribution in [3.63, 3.8) is 0 Å². The molecule has 3 N–H and O–H groups in total. The number of ether oxygens (including phenoxy) is 1. The second-order valence-corrected chi connectivity index (χ2v) is 4.18. The van der Waals surface area contributed by atoms with Gasteiger partial charge in [-0.05, 0) is 18.1 Å². The number of halogens is 2. The molecule has 0 aliphatic heterocycles. The molecule has 110 valence electrons. The molecule has 0 atom stereocenters. The lowest BCUT2D eigenvalue weighted by Crippen LogP contribution is -1.99. The van der Waals surface area contributed by atoms with Gasteiger partial charge in [0, 0.05) is 0 Å². The molecule has 0 bridgehead atoms. The van der Waals surface area contributed by atoms with Crippen LogP contribution in [-0.4, -0.2) is 26.5 Å². The molecule has 0 amide bonds. The maximum Gasteiger partial charge on any atom is 0.191 e. The Labute approximate surface area is 123 Å². The Balaban J connectivity index is 1.74. The third-order valence-electron chi connectivity index (χ3n) is 2.73. The molecule has 3 rings (SSSR count). The number of aromatic amines is 1. The molecule has 22 heavy (non-hydrogen) atoms. The van der Waals surface area contributed by atoms with Gasteiger partial charge in [-0.2, -0.15) is 0 Å². The molecule has 0 aliphatic rings. The lowest BCUT2D eigenvalue weighted by atomic mass is 10.3. The predicted octanol–water partition coefficient (Wildman–Crippen LogP) is 1.64. The molecular weight excluding hydrogens is 292 g/mol. The number of rotatable bonds is 2. The molecule has 0 saturated heterocycles. The second kappa shape index (κ2) is 5.65. The van der Waals surface area contributed by atoms with E-state index < -0.39 is 17.4 Å². The van der Waals surface area contributed by atoms with E-state index in [2.05, 4.69) is 31.8 Å². The van der Waals surface area contributed by atoms with E-state index in [0.29, 0.717) is 17.0 Å². The fourth-order valence-electron chi connectivity index (χ4n) is 1.75. The van der Waals surface area contributed by atoms with Gasteiger partial charge in [-0.15, -0.1) is 0 Å². The van der Waals surface area contributed by atoms with Crippen LogP contribution in [0.4, 0.5) is 14.6 Å². The van der Waals surface area contributed by atoms with Crippen molar-refractivity contribution in [1.82, 2.24) is 19.9 Å². The van der Waals surface area contributed by atoms with Crippen LogP contribution in [0.3, 0.4) is 0 Å².